The maximum absolute atomic E-state index is 13.0. The Balaban J connectivity index is 1.55. The fourth-order valence-corrected chi connectivity index (χ4v) is 4.08. The fourth-order valence-electron chi connectivity index (χ4n) is 4.08. The predicted octanol–water partition coefficient (Wildman–Crippen LogP) is 0.242. The van der Waals surface area contributed by atoms with E-state index in [1.165, 1.54) is 4.90 Å². The number of hydrogen-bond acceptors (Lipinski definition) is 6. The molecule has 2 heterocycles. The van der Waals surface area contributed by atoms with Gasteiger partial charge in [-0.3, -0.25) is 24.6 Å². The molecule has 192 valence electrons. The molecule has 1 fully saturated rings. The number of hydrogen-bond donors (Lipinski definition) is 5. The summed E-state index contributed by atoms with van der Waals surface area (Å²) in [6, 6.07) is 8.81. The minimum atomic E-state index is -1.23. The number of likely N-dealkylation sites (tertiary alicyclic amines) is 1. The van der Waals surface area contributed by atoms with Crippen molar-refractivity contribution >= 4 is 40.4 Å². The van der Waals surface area contributed by atoms with Crippen LogP contribution in [-0.4, -0.2) is 77.7 Å². The van der Waals surface area contributed by atoms with E-state index in [0.717, 1.165) is 5.39 Å². The van der Waals surface area contributed by atoms with E-state index in [1.54, 1.807) is 18.2 Å². The first-order chi connectivity index (χ1) is 17.3. The number of halogens is 1. The Morgan fingerprint density at radius 1 is 1.17 bits per heavy atom. The Bertz CT molecular complexity index is 1140. The summed E-state index contributed by atoms with van der Waals surface area (Å²) in [5.41, 5.74) is 6.03. The zero-order valence-electron chi connectivity index (χ0n) is 19.8. The summed E-state index contributed by atoms with van der Waals surface area (Å²) in [7, 11) is 0. The normalized spacial score (nSPS) is 15.8. The molecule has 3 rings (SSSR count). The van der Waals surface area contributed by atoms with Crippen LogP contribution in [0, 0.1) is 5.41 Å². The Labute approximate surface area is 207 Å². The first-order valence-corrected chi connectivity index (χ1v) is 11.7. The molecule has 1 aliphatic heterocycles. The van der Waals surface area contributed by atoms with Gasteiger partial charge in [-0.15, -0.1) is 0 Å². The molecule has 0 radical (unpaired) electrons. The third-order valence-electron chi connectivity index (χ3n) is 5.93. The number of Topliss-reactive ketones (excluding diaryl/α,β-unsaturated/α-hetero) is 1. The molecule has 2 atom stereocenters. The number of pyridine rings is 1. The SMILES string of the molecule is N=C(N)NCCC[C@H](NC(=O)[C@@H]1CCCN1C(=O)CNC(=O)c1ccc2ccccc2n1)C(=O)CF. The number of carbonyl (C=O) groups excluding carboxylic acids is 4. The van der Waals surface area contributed by atoms with Gasteiger partial charge < -0.3 is 26.6 Å². The average Bonchev–Trinajstić information content (AvgIpc) is 3.38. The summed E-state index contributed by atoms with van der Waals surface area (Å²) in [6.07, 6.45) is 1.50. The van der Waals surface area contributed by atoms with Gasteiger partial charge >= 0.3 is 0 Å². The lowest BCUT2D eigenvalue weighted by molar-refractivity contribution is -0.138. The maximum atomic E-state index is 13.0. The third kappa shape index (κ3) is 6.96. The van der Waals surface area contributed by atoms with Crippen molar-refractivity contribution in [2.24, 2.45) is 5.73 Å². The van der Waals surface area contributed by atoms with Gasteiger partial charge in [0.05, 0.1) is 18.1 Å². The lowest BCUT2D eigenvalue weighted by atomic mass is 10.1. The van der Waals surface area contributed by atoms with Crippen LogP contribution >= 0.6 is 0 Å². The third-order valence-corrected chi connectivity index (χ3v) is 5.93. The van der Waals surface area contributed by atoms with E-state index < -0.39 is 42.3 Å². The molecule has 1 saturated heterocycles. The second kappa shape index (κ2) is 12.6. The van der Waals surface area contributed by atoms with Crippen LogP contribution in [0.4, 0.5) is 4.39 Å². The molecular weight excluding hydrogens is 469 g/mol. The van der Waals surface area contributed by atoms with Crippen LogP contribution in [0.25, 0.3) is 10.9 Å². The number of amides is 3. The number of ketones is 1. The van der Waals surface area contributed by atoms with Gasteiger partial charge in [0, 0.05) is 18.5 Å². The molecule has 0 aliphatic carbocycles. The van der Waals surface area contributed by atoms with Gasteiger partial charge in [0.15, 0.2) is 11.7 Å². The predicted molar refractivity (Wildman–Crippen MR) is 131 cm³/mol. The molecule has 11 nitrogen and oxygen atoms in total. The Hall–Kier alpha value is -4.09. The smallest absolute Gasteiger partial charge is 0.270 e. The lowest BCUT2D eigenvalue weighted by Gasteiger charge is -2.26. The highest BCUT2D eigenvalue weighted by atomic mass is 19.1. The van der Waals surface area contributed by atoms with Gasteiger partial charge in [0.25, 0.3) is 5.91 Å². The molecule has 1 aromatic carbocycles. The van der Waals surface area contributed by atoms with Crippen molar-refractivity contribution in [2.75, 3.05) is 26.3 Å². The number of rotatable bonds is 11. The van der Waals surface area contributed by atoms with Crippen molar-refractivity contribution in [3.05, 3.63) is 42.1 Å². The molecule has 6 N–H and O–H groups in total. The maximum Gasteiger partial charge on any atom is 0.270 e. The van der Waals surface area contributed by atoms with E-state index in [4.69, 9.17) is 11.1 Å². The largest absolute Gasteiger partial charge is 0.370 e. The van der Waals surface area contributed by atoms with Crippen molar-refractivity contribution in [2.45, 2.75) is 37.8 Å². The summed E-state index contributed by atoms with van der Waals surface area (Å²) >= 11 is 0. The van der Waals surface area contributed by atoms with Crippen molar-refractivity contribution in [1.82, 2.24) is 25.8 Å². The Morgan fingerprint density at radius 2 is 1.94 bits per heavy atom. The Kier molecular flexibility index (Phi) is 9.25. The van der Waals surface area contributed by atoms with Crippen molar-refractivity contribution in [3.63, 3.8) is 0 Å². The van der Waals surface area contributed by atoms with E-state index in [1.807, 2.05) is 18.2 Å². The van der Waals surface area contributed by atoms with Crippen LogP contribution in [0.2, 0.25) is 0 Å². The topological polar surface area (TPSA) is 170 Å². The number of benzene rings is 1. The summed E-state index contributed by atoms with van der Waals surface area (Å²) in [4.78, 5) is 55.8. The highest BCUT2D eigenvalue weighted by Crippen LogP contribution is 2.18. The molecule has 3 amide bonds. The Morgan fingerprint density at radius 3 is 2.69 bits per heavy atom. The molecule has 2 aromatic rings. The number of para-hydroxylation sites is 1. The highest BCUT2D eigenvalue weighted by Gasteiger charge is 2.35. The highest BCUT2D eigenvalue weighted by molar-refractivity contribution is 5.98. The number of nitrogens with two attached hydrogens (primary N) is 1. The first kappa shape index (κ1) is 26.5. The number of carbonyl (C=O) groups is 4. The minimum Gasteiger partial charge on any atom is -0.370 e. The summed E-state index contributed by atoms with van der Waals surface area (Å²) in [5, 5.41) is 15.7. The number of nitrogens with zero attached hydrogens (tertiary/aromatic N) is 2. The number of fused-ring (bicyclic) bond motifs is 1. The summed E-state index contributed by atoms with van der Waals surface area (Å²) in [6.45, 7) is -0.930. The van der Waals surface area contributed by atoms with Gasteiger partial charge in [-0.1, -0.05) is 24.3 Å². The number of guanidine groups is 1. The molecule has 0 spiro atoms. The van der Waals surface area contributed by atoms with Crippen molar-refractivity contribution < 1.29 is 23.6 Å². The van der Waals surface area contributed by atoms with Gasteiger partial charge in [-0.25, -0.2) is 9.37 Å². The quantitative estimate of drug-likeness (QED) is 0.167. The standard InChI is InChI=1S/C24H30FN7O4/c25-13-20(33)17(7-3-11-28-24(26)27)31-23(36)19-8-4-12-32(19)21(34)14-29-22(35)18-10-9-15-5-1-2-6-16(15)30-18/h1-2,5-6,9-10,17,19H,3-4,7-8,11-14H2,(H,29,35)(H,31,36)(H4,26,27,28)/t17-,19-/m0/s1. The fraction of sp³-hybridized carbons (Fsp3) is 0.417. The molecule has 1 aliphatic rings. The van der Waals surface area contributed by atoms with E-state index in [-0.39, 0.29) is 24.6 Å². The summed E-state index contributed by atoms with van der Waals surface area (Å²) in [5.74, 6) is -2.49. The minimum absolute atomic E-state index is 0.157. The molecule has 0 unspecified atom stereocenters. The van der Waals surface area contributed by atoms with E-state index in [9.17, 15) is 23.6 Å². The van der Waals surface area contributed by atoms with Crippen LogP contribution in [0.1, 0.15) is 36.2 Å². The average molecular weight is 500 g/mol. The van der Waals surface area contributed by atoms with Crippen LogP contribution in [0.5, 0.6) is 0 Å². The molecule has 12 heteroatoms. The molecule has 36 heavy (non-hydrogen) atoms. The van der Waals surface area contributed by atoms with Crippen LogP contribution < -0.4 is 21.7 Å². The molecular formula is C24H30FN7O4. The van der Waals surface area contributed by atoms with Gasteiger partial charge in [0.2, 0.25) is 11.8 Å². The van der Waals surface area contributed by atoms with Gasteiger partial charge in [-0.05, 0) is 37.8 Å². The summed E-state index contributed by atoms with van der Waals surface area (Å²) < 4.78 is 13.0. The number of alkyl halides is 1. The van der Waals surface area contributed by atoms with Crippen molar-refractivity contribution in [3.8, 4) is 0 Å². The van der Waals surface area contributed by atoms with E-state index in [0.29, 0.717) is 37.9 Å². The van der Waals surface area contributed by atoms with E-state index in [2.05, 4.69) is 20.9 Å². The van der Waals surface area contributed by atoms with E-state index >= 15 is 0 Å². The van der Waals surface area contributed by atoms with Crippen LogP contribution in [0.15, 0.2) is 36.4 Å². The van der Waals surface area contributed by atoms with Gasteiger partial charge in [0.1, 0.15) is 18.4 Å². The monoisotopic (exact) mass is 499 g/mol. The molecule has 0 saturated carbocycles. The second-order valence-electron chi connectivity index (χ2n) is 8.46. The zero-order chi connectivity index (χ0) is 26.1. The van der Waals surface area contributed by atoms with Crippen LogP contribution in [-0.2, 0) is 14.4 Å². The lowest BCUT2D eigenvalue weighted by Crippen LogP contribution is -2.52. The number of nitrogens with one attached hydrogen (secondary N) is 4. The molecule has 1 aromatic heterocycles. The number of aromatic nitrogens is 1. The molecule has 0 bridgehead atoms. The van der Waals surface area contributed by atoms with Crippen molar-refractivity contribution in [1.29, 1.82) is 5.41 Å². The first-order valence-electron chi connectivity index (χ1n) is 11.7. The van der Waals surface area contributed by atoms with Gasteiger partial charge in [-0.2, -0.15) is 0 Å². The zero-order valence-corrected chi connectivity index (χ0v) is 19.8. The van der Waals surface area contributed by atoms with Crippen LogP contribution in [0.3, 0.4) is 0 Å². The second-order valence-corrected chi connectivity index (χ2v) is 8.46.